The van der Waals surface area contributed by atoms with Crippen LogP contribution in [0.1, 0.15) is 5.56 Å². The van der Waals surface area contributed by atoms with Crippen LogP contribution < -0.4 is 0 Å². The Kier molecular flexibility index (Phi) is 2.64. The van der Waals surface area contributed by atoms with E-state index in [-0.39, 0.29) is 0 Å². The van der Waals surface area contributed by atoms with Crippen molar-refractivity contribution in [2.24, 2.45) is 7.05 Å². The average Bonchev–Trinajstić information content (AvgIpc) is 2.26. The van der Waals surface area contributed by atoms with Gasteiger partial charge in [-0.05, 0) is 18.6 Å². The lowest BCUT2D eigenvalue weighted by atomic mass is 10.1. The van der Waals surface area contributed by atoms with Crippen LogP contribution in [0.4, 0.5) is 0 Å². The summed E-state index contributed by atoms with van der Waals surface area (Å²) in [5, 5.41) is 4.42. The quantitative estimate of drug-likeness (QED) is 0.682. The third-order valence-corrected chi connectivity index (χ3v) is 2.90. The van der Waals surface area contributed by atoms with Gasteiger partial charge in [0.05, 0.1) is 5.69 Å². The van der Waals surface area contributed by atoms with E-state index in [9.17, 15) is 0 Å². The molecule has 0 fully saturated rings. The van der Waals surface area contributed by atoms with E-state index in [1.165, 1.54) is 0 Å². The molecule has 0 spiro atoms. The maximum Gasteiger partial charge on any atom is 0.125 e. The molecule has 1 heterocycles. The fourth-order valence-corrected chi connectivity index (χ4v) is 1.61. The number of aromatic nitrogens is 2. The molecule has 0 N–H and O–H groups in total. The minimum absolute atomic E-state index is 0.787. The monoisotopic (exact) mass is 216 g/mol. The molecule has 1 aromatic carbocycles. The fraction of sp³-hybridized carbons (Fsp3) is 0.167. The Labute approximate surface area is 94.2 Å². The number of benzene rings is 1. The summed E-state index contributed by atoms with van der Waals surface area (Å²) in [6.45, 7) is 2.01. The van der Waals surface area contributed by atoms with E-state index in [1.54, 1.807) is 4.68 Å². The lowest BCUT2D eigenvalue weighted by Gasteiger charge is -2.05. The van der Waals surface area contributed by atoms with E-state index in [1.807, 2.05) is 50.4 Å². The first-order valence-corrected chi connectivity index (χ1v) is 5.19. The predicted octanol–water partition coefficient (Wildman–Crippen LogP) is 3.13. The largest absolute Gasteiger partial charge is 0.257 e. The zero-order valence-corrected chi connectivity index (χ0v) is 9.58. The molecule has 0 atom stereocenters. The lowest BCUT2D eigenvalue weighted by Crippen LogP contribution is -2.02. The van der Waals surface area contributed by atoms with Crippen LogP contribution in [0.3, 0.4) is 0 Å². The van der Waals surface area contributed by atoms with E-state index in [2.05, 4.69) is 5.10 Å². The van der Waals surface area contributed by atoms with Crippen molar-refractivity contribution in [3.05, 3.63) is 46.6 Å². The molecule has 0 unspecified atom stereocenters. The van der Waals surface area contributed by atoms with Crippen molar-refractivity contribution in [1.29, 1.82) is 0 Å². The fourth-order valence-electron chi connectivity index (χ4n) is 1.51. The van der Waals surface area contributed by atoms with Crippen molar-refractivity contribution in [2.45, 2.75) is 6.92 Å². The highest BCUT2D eigenvalue weighted by atomic mass is 32.1. The molecule has 0 saturated heterocycles. The summed E-state index contributed by atoms with van der Waals surface area (Å²) < 4.78 is 2.53. The number of hydrogen-bond donors (Lipinski definition) is 0. The number of nitrogens with zero attached hydrogens (tertiary/aromatic N) is 2. The van der Waals surface area contributed by atoms with Crippen LogP contribution in [-0.4, -0.2) is 9.78 Å². The predicted molar refractivity (Wildman–Crippen MR) is 64.2 cm³/mol. The number of hydrogen-bond acceptors (Lipinski definition) is 2. The number of rotatable bonds is 1. The van der Waals surface area contributed by atoms with E-state index in [0.717, 1.165) is 21.5 Å². The summed E-state index contributed by atoms with van der Waals surface area (Å²) in [5.41, 5.74) is 3.16. The SMILES string of the molecule is Cc1cc(-c2ccccc2)nn(C)c1=S. The van der Waals surface area contributed by atoms with Gasteiger partial charge in [0.25, 0.3) is 0 Å². The lowest BCUT2D eigenvalue weighted by molar-refractivity contribution is 0.725. The van der Waals surface area contributed by atoms with E-state index >= 15 is 0 Å². The minimum Gasteiger partial charge on any atom is -0.257 e. The van der Waals surface area contributed by atoms with Crippen LogP contribution in [-0.2, 0) is 7.05 Å². The molecule has 0 bridgehead atoms. The van der Waals surface area contributed by atoms with Crippen LogP contribution in [0.2, 0.25) is 0 Å². The van der Waals surface area contributed by atoms with Crippen molar-refractivity contribution in [3.8, 4) is 11.3 Å². The van der Waals surface area contributed by atoms with Crippen molar-refractivity contribution < 1.29 is 0 Å². The van der Waals surface area contributed by atoms with Crippen molar-refractivity contribution >= 4 is 12.2 Å². The van der Waals surface area contributed by atoms with Gasteiger partial charge in [0.15, 0.2) is 0 Å². The Morgan fingerprint density at radius 2 is 1.87 bits per heavy atom. The first-order valence-electron chi connectivity index (χ1n) is 4.79. The molecule has 1 aromatic heterocycles. The molecule has 3 heteroatoms. The topological polar surface area (TPSA) is 17.8 Å². The highest BCUT2D eigenvalue weighted by molar-refractivity contribution is 7.71. The molecule has 0 saturated carbocycles. The van der Waals surface area contributed by atoms with Crippen LogP contribution >= 0.6 is 12.2 Å². The standard InChI is InChI=1S/C12H12N2S/c1-9-8-11(13-14(2)12(9)15)10-6-4-3-5-7-10/h3-8H,1-2H3. The van der Waals surface area contributed by atoms with Crippen LogP contribution in [0, 0.1) is 11.6 Å². The molecule has 76 valence electrons. The van der Waals surface area contributed by atoms with Gasteiger partial charge in [-0.3, -0.25) is 4.68 Å². The van der Waals surface area contributed by atoms with Gasteiger partial charge in [-0.1, -0.05) is 42.5 Å². The summed E-state index contributed by atoms with van der Waals surface area (Å²) in [5.74, 6) is 0. The van der Waals surface area contributed by atoms with Gasteiger partial charge in [0, 0.05) is 12.6 Å². The third kappa shape index (κ3) is 1.97. The second-order valence-corrected chi connectivity index (χ2v) is 3.89. The molecule has 0 amide bonds. The molecule has 2 aromatic rings. The van der Waals surface area contributed by atoms with E-state index in [0.29, 0.717) is 0 Å². The zero-order valence-electron chi connectivity index (χ0n) is 8.77. The average molecular weight is 216 g/mol. The summed E-state index contributed by atoms with van der Waals surface area (Å²) in [6.07, 6.45) is 0. The van der Waals surface area contributed by atoms with Gasteiger partial charge in [-0.15, -0.1) is 0 Å². The van der Waals surface area contributed by atoms with Crippen LogP contribution in [0.5, 0.6) is 0 Å². The minimum atomic E-state index is 0.787. The number of aryl methyl sites for hydroxylation is 2. The third-order valence-electron chi connectivity index (χ3n) is 2.31. The first kappa shape index (κ1) is 10.1. The summed E-state index contributed by atoms with van der Waals surface area (Å²) in [7, 11) is 1.88. The Hall–Kier alpha value is -1.48. The molecule has 0 aliphatic carbocycles. The Balaban J connectivity index is 2.61. The van der Waals surface area contributed by atoms with Crippen LogP contribution in [0.25, 0.3) is 11.3 Å². The second-order valence-electron chi connectivity index (χ2n) is 3.51. The highest BCUT2D eigenvalue weighted by Gasteiger charge is 2.01. The van der Waals surface area contributed by atoms with Gasteiger partial charge in [0.2, 0.25) is 0 Å². The Morgan fingerprint density at radius 1 is 1.20 bits per heavy atom. The molecule has 15 heavy (non-hydrogen) atoms. The maximum atomic E-state index is 5.20. The van der Waals surface area contributed by atoms with Gasteiger partial charge in [-0.2, -0.15) is 5.10 Å². The van der Waals surface area contributed by atoms with Crippen molar-refractivity contribution in [2.75, 3.05) is 0 Å². The van der Waals surface area contributed by atoms with Crippen LogP contribution in [0.15, 0.2) is 36.4 Å². The smallest absolute Gasteiger partial charge is 0.125 e. The highest BCUT2D eigenvalue weighted by Crippen LogP contribution is 2.17. The van der Waals surface area contributed by atoms with Gasteiger partial charge in [0.1, 0.15) is 4.64 Å². The first-order chi connectivity index (χ1) is 7.18. The molecule has 0 radical (unpaired) electrons. The summed E-state index contributed by atoms with van der Waals surface area (Å²) >= 11 is 5.20. The maximum absolute atomic E-state index is 5.20. The normalized spacial score (nSPS) is 10.3. The van der Waals surface area contributed by atoms with Gasteiger partial charge in [-0.25, -0.2) is 0 Å². The van der Waals surface area contributed by atoms with Gasteiger partial charge < -0.3 is 0 Å². The molecule has 2 nitrogen and oxygen atoms in total. The van der Waals surface area contributed by atoms with Crippen molar-refractivity contribution in [1.82, 2.24) is 9.78 Å². The Bertz CT molecular complexity index is 503. The van der Waals surface area contributed by atoms with E-state index < -0.39 is 0 Å². The van der Waals surface area contributed by atoms with Crippen molar-refractivity contribution in [3.63, 3.8) is 0 Å². The molecule has 0 aliphatic heterocycles. The second kappa shape index (κ2) is 3.95. The Morgan fingerprint density at radius 3 is 2.47 bits per heavy atom. The van der Waals surface area contributed by atoms with E-state index in [4.69, 9.17) is 12.2 Å². The molecular formula is C12H12N2S. The molecule has 0 aliphatic rings. The molecular weight excluding hydrogens is 204 g/mol. The molecule has 2 rings (SSSR count). The summed E-state index contributed by atoms with van der Waals surface area (Å²) in [6, 6.07) is 12.1. The zero-order chi connectivity index (χ0) is 10.8. The van der Waals surface area contributed by atoms with Gasteiger partial charge >= 0.3 is 0 Å². The summed E-state index contributed by atoms with van der Waals surface area (Å²) in [4.78, 5) is 0.